The van der Waals surface area contributed by atoms with E-state index in [4.69, 9.17) is 0 Å². The molecule has 8 heteroatoms. The van der Waals surface area contributed by atoms with Crippen LogP contribution in [0, 0.1) is 13.8 Å². The van der Waals surface area contributed by atoms with E-state index in [-0.39, 0.29) is 5.56 Å². The number of benzene rings is 1. The molecule has 29 heavy (non-hydrogen) atoms. The van der Waals surface area contributed by atoms with Crippen LogP contribution in [0.4, 0.5) is 18.9 Å². The molecule has 0 fully saturated rings. The highest BCUT2D eigenvalue weighted by atomic mass is 19.4. The molecule has 0 saturated carbocycles. The van der Waals surface area contributed by atoms with Gasteiger partial charge in [-0.05, 0) is 58.3 Å². The number of rotatable bonds is 6. The van der Waals surface area contributed by atoms with E-state index in [0.29, 0.717) is 17.1 Å². The molecule has 2 heterocycles. The van der Waals surface area contributed by atoms with E-state index in [2.05, 4.69) is 14.8 Å². The van der Waals surface area contributed by atoms with Crippen molar-refractivity contribution in [2.24, 2.45) is 0 Å². The predicted molar refractivity (Wildman–Crippen MR) is 108 cm³/mol. The van der Waals surface area contributed by atoms with Crippen LogP contribution in [0.15, 0.2) is 36.5 Å². The molecule has 5 nitrogen and oxygen atoms in total. The van der Waals surface area contributed by atoms with Gasteiger partial charge >= 0.3 is 6.18 Å². The lowest BCUT2D eigenvalue weighted by Gasteiger charge is -2.13. The zero-order valence-corrected chi connectivity index (χ0v) is 17.0. The van der Waals surface area contributed by atoms with Gasteiger partial charge in [0.05, 0.1) is 5.56 Å². The number of aromatic nitrogens is 2. The number of alkyl halides is 3. The summed E-state index contributed by atoms with van der Waals surface area (Å²) >= 11 is 0. The minimum atomic E-state index is -4.34. The second-order valence-corrected chi connectivity index (χ2v) is 7.53. The number of likely N-dealkylation sites (N-methyl/N-ethyl adjacent to an activating group) is 1. The number of nitrogens with zero attached hydrogens (tertiary/aromatic N) is 3. The first-order chi connectivity index (χ1) is 13.5. The molecule has 3 aromatic rings. The van der Waals surface area contributed by atoms with E-state index in [1.54, 1.807) is 13.0 Å². The van der Waals surface area contributed by atoms with Gasteiger partial charge in [0.2, 0.25) is 0 Å². The van der Waals surface area contributed by atoms with Gasteiger partial charge in [0.1, 0.15) is 6.54 Å². The smallest absolute Gasteiger partial charge is 0.346 e. The van der Waals surface area contributed by atoms with Crippen LogP contribution in [0.25, 0.3) is 10.9 Å². The summed E-state index contributed by atoms with van der Waals surface area (Å²) in [5.74, 6) is -0.419. The summed E-state index contributed by atoms with van der Waals surface area (Å²) in [6.07, 6.45) is -2.34. The lowest BCUT2D eigenvalue weighted by molar-refractivity contribution is -0.141. The number of nitrogens with one attached hydrogen (secondary N) is 1. The van der Waals surface area contributed by atoms with Gasteiger partial charge in [-0.15, -0.1) is 0 Å². The number of hydrogen-bond acceptors (Lipinski definition) is 2. The molecule has 0 unspecified atom stereocenters. The molecular weight excluding hydrogens is 381 g/mol. The number of amides is 1. The van der Waals surface area contributed by atoms with Gasteiger partial charge in [-0.2, -0.15) is 13.2 Å². The summed E-state index contributed by atoms with van der Waals surface area (Å²) in [4.78, 5) is 14.8. The third-order valence-corrected chi connectivity index (χ3v) is 4.97. The van der Waals surface area contributed by atoms with Gasteiger partial charge in [0.15, 0.2) is 0 Å². The molecule has 1 N–H and O–H groups in total. The van der Waals surface area contributed by atoms with Crippen molar-refractivity contribution in [2.75, 3.05) is 26.0 Å². The normalized spacial score (nSPS) is 12.1. The lowest BCUT2D eigenvalue weighted by atomic mass is 10.2. The summed E-state index contributed by atoms with van der Waals surface area (Å²) in [5, 5.41) is 3.79. The van der Waals surface area contributed by atoms with E-state index in [0.717, 1.165) is 28.6 Å². The molecule has 2 aromatic heterocycles. The Hall–Kier alpha value is -2.74. The Labute approximate surface area is 167 Å². The zero-order chi connectivity index (χ0) is 21.3. The molecule has 0 radical (unpaired) electrons. The zero-order valence-electron chi connectivity index (χ0n) is 17.0. The first-order valence-corrected chi connectivity index (χ1v) is 9.33. The van der Waals surface area contributed by atoms with Crippen molar-refractivity contribution in [3.05, 3.63) is 53.5 Å². The summed E-state index contributed by atoms with van der Waals surface area (Å²) in [6, 6.07) is 9.09. The molecular formula is C21H25F3N4O. The van der Waals surface area contributed by atoms with Crippen LogP contribution in [0.5, 0.6) is 0 Å². The fourth-order valence-corrected chi connectivity index (χ4v) is 3.43. The molecule has 0 aliphatic heterocycles. The van der Waals surface area contributed by atoms with Crippen LogP contribution in [0.1, 0.15) is 21.7 Å². The molecule has 0 atom stereocenters. The number of fused-ring (bicyclic) bond motifs is 1. The fraction of sp³-hybridized carbons (Fsp3) is 0.381. The largest absolute Gasteiger partial charge is 0.406 e. The highest BCUT2D eigenvalue weighted by Crippen LogP contribution is 2.25. The fourth-order valence-electron chi connectivity index (χ4n) is 3.43. The van der Waals surface area contributed by atoms with Crippen molar-refractivity contribution in [1.82, 2.24) is 14.0 Å². The molecule has 0 aliphatic carbocycles. The lowest BCUT2D eigenvalue weighted by Crippen LogP contribution is -2.20. The van der Waals surface area contributed by atoms with Crippen molar-refractivity contribution in [1.29, 1.82) is 0 Å². The van der Waals surface area contributed by atoms with Gasteiger partial charge in [0.25, 0.3) is 5.91 Å². The Morgan fingerprint density at radius 1 is 1.14 bits per heavy atom. The molecule has 0 spiro atoms. The van der Waals surface area contributed by atoms with Crippen molar-refractivity contribution in [2.45, 2.75) is 33.1 Å². The summed E-state index contributed by atoms with van der Waals surface area (Å²) in [7, 11) is 4.04. The number of carbonyl (C=O) groups excluding carboxylic acids is 1. The number of carbonyl (C=O) groups is 1. The maximum absolute atomic E-state index is 12.8. The van der Waals surface area contributed by atoms with Gasteiger partial charge in [-0.1, -0.05) is 0 Å². The topological polar surface area (TPSA) is 42.2 Å². The highest BCUT2D eigenvalue weighted by Gasteiger charge is 2.30. The van der Waals surface area contributed by atoms with Crippen molar-refractivity contribution >= 4 is 22.5 Å². The van der Waals surface area contributed by atoms with Gasteiger partial charge < -0.3 is 19.4 Å². The maximum Gasteiger partial charge on any atom is 0.406 e. The Bertz CT molecular complexity index is 1030. The molecule has 1 aromatic carbocycles. The number of hydrogen-bond donors (Lipinski definition) is 1. The maximum atomic E-state index is 12.8. The van der Waals surface area contributed by atoms with E-state index < -0.39 is 18.6 Å². The average molecular weight is 406 g/mol. The van der Waals surface area contributed by atoms with Crippen LogP contribution in [0.3, 0.4) is 0 Å². The van der Waals surface area contributed by atoms with Crippen molar-refractivity contribution in [3.63, 3.8) is 0 Å². The summed E-state index contributed by atoms with van der Waals surface area (Å²) < 4.78 is 41.6. The molecule has 0 bridgehead atoms. The highest BCUT2D eigenvalue weighted by molar-refractivity contribution is 6.06. The summed E-state index contributed by atoms with van der Waals surface area (Å²) in [5.41, 5.74) is 2.61. The quantitative estimate of drug-likeness (QED) is 0.658. The Kier molecular flexibility index (Phi) is 5.75. The number of aryl methyl sites for hydroxylation is 1. The second-order valence-electron chi connectivity index (χ2n) is 7.53. The van der Waals surface area contributed by atoms with Crippen molar-refractivity contribution < 1.29 is 18.0 Å². The predicted octanol–water partition coefficient (Wildman–Crippen LogP) is 4.44. The first-order valence-electron chi connectivity index (χ1n) is 9.33. The standard InChI is InChI=1S/C21H25F3N4O/c1-14-11-18(15(2)28(14)13-21(22,23)24)20(29)25-17-5-6-19-16(12-17)7-8-27(19)10-9-26(3)4/h5-8,11-12H,9-10,13H2,1-4H3,(H,25,29). The van der Waals surface area contributed by atoms with Crippen LogP contribution >= 0.6 is 0 Å². The van der Waals surface area contributed by atoms with Gasteiger partial charge in [-0.3, -0.25) is 4.79 Å². The Balaban J connectivity index is 1.79. The SMILES string of the molecule is Cc1cc(C(=O)Nc2ccc3c(ccn3CCN(C)C)c2)c(C)n1CC(F)(F)F. The third kappa shape index (κ3) is 4.82. The molecule has 0 aliphatic rings. The van der Waals surface area contributed by atoms with E-state index in [1.807, 2.05) is 38.5 Å². The second kappa shape index (κ2) is 7.94. The Morgan fingerprint density at radius 3 is 2.52 bits per heavy atom. The first kappa shape index (κ1) is 21.0. The van der Waals surface area contributed by atoms with Crippen LogP contribution in [0.2, 0.25) is 0 Å². The van der Waals surface area contributed by atoms with Crippen molar-refractivity contribution in [3.8, 4) is 0 Å². The monoisotopic (exact) mass is 406 g/mol. The van der Waals surface area contributed by atoms with Crippen LogP contribution in [-0.2, 0) is 13.1 Å². The molecule has 0 saturated heterocycles. The molecule has 1 amide bonds. The van der Waals surface area contributed by atoms with Gasteiger partial charge in [0, 0.05) is 47.3 Å². The molecule has 156 valence electrons. The van der Waals surface area contributed by atoms with Crippen LogP contribution < -0.4 is 5.32 Å². The van der Waals surface area contributed by atoms with Gasteiger partial charge in [-0.25, -0.2) is 0 Å². The minimum Gasteiger partial charge on any atom is -0.346 e. The van der Waals surface area contributed by atoms with Crippen LogP contribution in [-0.4, -0.2) is 46.8 Å². The summed E-state index contributed by atoms with van der Waals surface area (Å²) in [6.45, 7) is 3.76. The minimum absolute atomic E-state index is 0.246. The average Bonchev–Trinajstić information content (AvgIpc) is 3.14. The Morgan fingerprint density at radius 2 is 1.86 bits per heavy atom. The third-order valence-electron chi connectivity index (χ3n) is 4.97. The van der Waals surface area contributed by atoms with E-state index >= 15 is 0 Å². The van der Waals surface area contributed by atoms with E-state index in [1.165, 1.54) is 13.0 Å². The van der Waals surface area contributed by atoms with E-state index in [9.17, 15) is 18.0 Å². The number of anilines is 1. The number of halogens is 3. The molecule has 3 rings (SSSR count).